The van der Waals surface area contributed by atoms with Crippen molar-refractivity contribution in [1.29, 1.82) is 0 Å². The smallest absolute Gasteiger partial charge is 0.0890 e. The Morgan fingerprint density at radius 2 is 2.00 bits per heavy atom. The average molecular weight is 187 g/mol. The molecule has 0 aromatic heterocycles. The monoisotopic (exact) mass is 187 g/mol. The van der Waals surface area contributed by atoms with Crippen LogP contribution in [0.25, 0.3) is 0 Å². The average Bonchev–Trinajstić information content (AvgIpc) is 2.13. The summed E-state index contributed by atoms with van der Waals surface area (Å²) in [4.78, 5) is 2.30. The molecule has 0 spiro atoms. The van der Waals surface area contributed by atoms with E-state index < -0.39 is 11.7 Å². The maximum absolute atomic E-state index is 9.85. The zero-order valence-electron chi connectivity index (χ0n) is 8.82. The van der Waals surface area contributed by atoms with Gasteiger partial charge in [0.05, 0.1) is 11.7 Å². The summed E-state index contributed by atoms with van der Waals surface area (Å²) in [5.74, 6) is 0. The fourth-order valence-corrected chi connectivity index (χ4v) is 1.76. The van der Waals surface area contributed by atoms with E-state index >= 15 is 0 Å². The van der Waals surface area contributed by atoms with Crippen molar-refractivity contribution < 1.29 is 10.2 Å². The van der Waals surface area contributed by atoms with Gasteiger partial charge in [0.15, 0.2) is 0 Å². The van der Waals surface area contributed by atoms with E-state index in [0.29, 0.717) is 18.9 Å². The summed E-state index contributed by atoms with van der Waals surface area (Å²) in [5, 5.41) is 19.5. The summed E-state index contributed by atoms with van der Waals surface area (Å²) in [7, 11) is 0. The maximum Gasteiger partial charge on any atom is 0.0890 e. The molecule has 3 heteroatoms. The zero-order chi connectivity index (χ0) is 10.1. The van der Waals surface area contributed by atoms with Gasteiger partial charge in [0, 0.05) is 19.1 Å². The van der Waals surface area contributed by atoms with Crippen molar-refractivity contribution in [2.45, 2.75) is 51.4 Å². The zero-order valence-corrected chi connectivity index (χ0v) is 8.82. The van der Waals surface area contributed by atoms with Crippen molar-refractivity contribution in [2.75, 3.05) is 13.1 Å². The van der Waals surface area contributed by atoms with Crippen LogP contribution >= 0.6 is 0 Å². The lowest BCUT2D eigenvalue weighted by atomic mass is 9.94. The maximum atomic E-state index is 9.85. The van der Waals surface area contributed by atoms with Crippen LogP contribution in [0.2, 0.25) is 0 Å². The lowest BCUT2D eigenvalue weighted by Gasteiger charge is -2.26. The normalized spacial score (nSPS) is 37.8. The molecular weight excluding hydrogens is 166 g/mol. The molecule has 1 rings (SSSR count). The third kappa shape index (κ3) is 2.66. The van der Waals surface area contributed by atoms with Gasteiger partial charge >= 0.3 is 0 Å². The van der Waals surface area contributed by atoms with Gasteiger partial charge in [0.2, 0.25) is 0 Å². The number of hydrogen-bond donors (Lipinski definition) is 2. The third-order valence-corrected chi connectivity index (χ3v) is 3.04. The molecule has 0 radical (unpaired) electrons. The van der Waals surface area contributed by atoms with E-state index in [0.717, 1.165) is 13.1 Å². The van der Waals surface area contributed by atoms with Crippen molar-refractivity contribution >= 4 is 0 Å². The summed E-state index contributed by atoms with van der Waals surface area (Å²) in [5.41, 5.74) is -0.899. The Bertz CT molecular complexity index is 168. The minimum atomic E-state index is -0.899. The van der Waals surface area contributed by atoms with Gasteiger partial charge in [-0.05, 0) is 33.6 Å². The van der Waals surface area contributed by atoms with Crippen LogP contribution < -0.4 is 0 Å². The molecular formula is C10H21NO2. The first kappa shape index (κ1) is 11.0. The minimum absolute atomic E-state index is 0.501. The molecule has 2 atom stereocenters. The van der Waals surface area contributed by atoms with E-state index in [1.54, 1.807) is 6.92 Å². The Kier molecular flexibility index (Phi) is 3.33. The minimum Gasteiger partial charge on any atom is -0.390 e. The van der Waals surface area contributed by atoms with Crippen molar-refractivity contribution in [2.24, 2.45) is 0 Å². The number of hydrogen-bond acceptors (Lipinski definition) is 3. The second-order valence-electron chi connectivity index (χ2n) is 4.54. The van der Waals surface area contributed by atoms with Gasteiger partial charge in [-0.2, -0.15) is 0 Å². The molecule has 1 fully saturated rings. The number of likely N-dealkylation sites (tertiary alicyclic amines) is 1. The highest BCUT2D eigenvalue weighted by molar-refractivity contribution is 4.87. The highest BCUT2D eigenvalue weighted by Gasteiger charge is 2.33. The summed E-state index contributed by atoms with van der Waals surface area (Å²) >= 11 is 0. The summed E-state index contributed by atoms with van der Waals surface area (Å²) in [6, 6.07) is 0.501. The SMILES string of the molecule is CC(C)N1CC[C@@H](O)[C@](C)(O)CC1. The van der Waals surface area contributed by atoms with E-state index in [2.05, 4.69) is 18.7 Å². The number of rotatable bonds is 1. The van der Waals surface area contributed by atoms with E-state index in [1.807, 2.05) is 0 Å². The van der Waals surface area contributed by atoms with Crippen LogP contribution in [0.15, 0.2) is 0 Å². The summed E-state index contributed by atoms with van der Waals surface area (Å²) < 4.78 is 0. The van der Waals surface area contributed by atoms with Crippen LogP contribution in [0.5, 0.6) is 0 Å². The van der Waals surface area contributed by atoms with Crippen LogP contribution in [0, 0.1) is 0 Å². The molecule has 3 nitrogen and oxygen atoms in total. The van der Waals surface area contributed by atoms with Crippen molar-refractivity contribution in [3.8, 4) is 0 Å². The lowest BCUT2D eigenvalue weighted by Crippen LogP contribution is -2.39. The van der Waals surface area contributed by atoms with Crippen LogP contribution in [-0.4, -0.2) is 45.9 Å². The highest BCUT2D eigenvalue weighted by atomic mass is 16.3. The van der Waals surface area contributed by atoms with Gasteiger partial charge in [-0.1, -0.05) is 0 Å². The van der Waals surface area contributed by atoms with Crippen LogP contribution in [0.1, 0.15) is 33.6 Å². The van der Waals surface area contributed by atoms with Gasteiger partial charge in [-0.25, -0.2) is 0 Å². The standard InChI is InChI=1S/C10H21NO2/c1-8(2)11-6-4-9(12)10(3,13)5-7-11/h8-9,12-13H,4-7H2,1-3H3/t9-,10-/m1/s1. The fourth-order valence-electron chi connectivity index (χ4n) is 1.76. The molecule has 1 aliphatic heterocycles. The van der Waals surface area contributed by atoms with Gasteiger partial charge in [-0.3, -0.25) is 0 Å². The molecule has 0 bridgehead atoms. The highest BCUT2D eigenvalue weighted by Crippen LogP contribution is 2.22. The van der Waals surface area contributed by atoms with Crippen LogP contribution in [0.4, 0.5) is 0 Å². The first-order valence-electron chi connectivity index (χ1n) is 5.08. The number of aliphatic hydroxyl groups is 2. The molecule has 0 aliphatic carbocycles. The first-order valence-corrected chi connectivity index (χ1v) is 5.08. The fraction of sp³-hybridized carbons (Fsp3) is 1.00. The largest absolute Gasteiger partial charge is 0.390 e. The van der Waals surface area contributed by atoms with Gasteiger partial charge in [-0.15, -0.1) is 0 Å². The first-order chi connectivity index (χ1) is 5.93. The molecule has 1 saturated heterocycles. The molecule has 0 aromatic carbocycles. The molecule has 0 saturated carbocycles. The number of aliphatic hydroxyl groups excluding tert-OH is 1. The predicted octanol–water partition coefficient (Wildman–Crippen LogP) is 0.603. The second kappa shape index (κ2) is 3.95. The Labute approximate surface area is 80.4 Å². The van der Waals surface area contributed by atoms with Crippen molar-refractivity contribution in [1.82, 2.24) is 4.90 Å². The molecule has 0 unspecified atom stereocenters. The Morgan fingerprint density at radius 3 is 2.54 bits per heavy atom. The van der Waals surface area contributed by atoms with E-state index in [4.69, 9.17) is 0 Å². The van der Waals surface area contributed by atoms with E-state index in [-0.39, 0.29) is 0 Å². The Morgan fingerprint density at radius 1 is 1.38 bits per heavy atom. The van der Waals surface area contributed by atoms with E-state index in [9.17, 15) is 10.2 Å². The van der Waals surface area contributed by atoms with Gasteiger partial charge in [0.25, 0.3) is 0 Å². The summed E-state index contributed by atoms with van der Waals surface area (Å²) in [6.45, 7) is 7.77. The third-order valence-electron chi connectivity index (χ3n) is 3.04. The Hall–Kier alpha value is -0.120. The van der Waals surface area contributed by atoms with Gasteiger partial charge < -0.3 is 15.1 Å². The molecule has 13 heavy (non-hydrogen) atoms. The predicted molar refractivity (Wildman–Crippen MR) is 52.6 cm³/mol. The lowest BCUT2D eigenvalue weighted by molar-refractivity contribution is -0.0623. The molecule has 78 valence electrons. The Balaban J connectivity index is 2.57. The molecule has 2 N–H and O–H groups in total. The second-order valence-corrected chi connectivity index (χ2v) is 4.54. The van der Waals surface area contributed by atoms with Crippen molar-refractivity contribution in [3.63, 3.8) is 0 Å². The quantitative estimate of drug-likeness (QED) is 0.632. The molecule has 0 aromatic rings. The van der Waals surface area contributed by atoms with Crippen molar-refractivity contribution in [3.05, 3.63) is 0 Å². The van der Waals surface area contributed by atoms with Crippen LogP contribution in [-0.2, 0) is 0 Å². The molecule has 1 aliphatic rings. The molecule has 1 heterocycles. The number of nitrogens with zero attached hydrogens (tertiary/aromatic N) is 1. The van der Waals surface area contributed by atoms with E-state index in [1.165, 1.54) is 0 Å². The van der Waals surface area contributed by atoms with Crippen LogP contribution in [0.3, 0.4) is 0 Å². The summed E-state index contributed by atoms with van der Waals surface area (Å²) in [6.07, 6.45) is 0.758. The molecule has 0 amide bonds. The topological polar surface area (TPSA) is 43.7 Å². The van der Waals surface area contributed by atoms with Gasteiger partial charge in [0.1, 0.15) is 0 Å².